The summed E-state index contributed by atoms with van der Waals surface area (Å²) in [5.41, 5.74) is 14.2. The van der Waals surface area contributed by atoms with E-state index in [1.165, 1.54) is 55.2 Å². The second-order valence-corrected chi connectivity index (χ2v) is 12.9. The molecule has 0 aliphatic heterocycles. The van der Waals surface area contributed by atoms with Crippen LogP contribution in [0.5, 0.6) is 0 Å². The summed E-state index contributed by atoms with van der Waals surface area (Å²) >= 11 is 0. The smallest absolute Gasteiger partial charge is 0.0547 e. The summed E-state index contributed by atoms with van der Waals surface area (Å²) in [6.45, 7) is 0. The van der Waals surface area contributed by atoms with Crippen LogP contribution < -0.4 is 4.90 Å². The number of benzene rings is 7. The van der Waals surface area contributed by atoms with E-state index < -0.39 is 0 Å². The van der Waals surface area contributed by atoms with E-state index in [0.29, 0.717) is 0 Å². The average molecular weight is 641 g/mol. The Kier molecular flexibility index (Phi) is 7.68. The third-order valence-corrected chi connectivity index (χ3v) is 9.83. The van der Waals surface area contributed by atoms with Crippen LogP contribution in [0.4, 0.5) is 17.1 Å². The lowest BCUT2D eigenvalue weighted by atomic mass is 9.98. The maximum atomic E-state index is 2.40. The van der Waals surface area contributed by atoms with Gasteiger partial charge < -0.3 is 9.47 Å². The van der Waals surface area contributed by atoms with Gasteiger partial charge in [-0.05, 0) is 95.3 Å². The van der Waals surface area contributed by atoms with Gasteiger partial charge in [-0.3, -0.25) is 0 Å². The fourth-order valence-corrected chi connectivity index (χ4v) is 7.40. The monoisotopic (exact) mass is 640 g/mol. The van der Waals surface area contributed by atoms with Gasteiger partial charge in [-0.2, -0.15) is 0 Å². The molecule has 0 N–H and O–H groups in total. The van der Waals surface area contributed by atoms with Crippen LogP contribution >= 0.6 is 0 Å². The molecule has 0 radical (unpaired) electrons. The van der Waals surface area contributed by atoms with Crippen molar-refractivity contribution in [3.63, 3.8) is 0 Å². The Balaban J connectivity index is 1.21. The van der Waals surface area contributed by atoms with E-state index >= 15 is 0 Å². The Morgan fingerprint density at radius 1 is 0.440 bits per heavy atom. The van der Waals surface area contributed by atoms with Gasteiger partial charge in [0.05, 0.1) is 16.7 Å². The van der Waals surface area contributed by atoms with E-state index in [2.05, 4.69) is 204 Å². The van der Waals surface area contributed by atoms with Crippen molar-refractivity contribution in [1.29, 1.82) is 0 Å². The summed E-state index contributed by atoms with van der Waals surface area (Å²) in [4.78, 5) is 2.40. The van der Waals surface area contributed by atoms with Gasteiger partial charge in [0, 0.05) is 33.4 Å². The van der Waals surface area contributed by atoms with E-state index in [4.69, 9.17) is 0 Å². The van der Waals surface area contributed by atoms with Crippen molar-refractivity contribution in [1.82, 2.24) is 4.57 Å². The normalized spacial score (nSPS) is 12.7. The highest BCUT2D eigenvalue weighted by atomic mass is 15.1. The first kappa shape index (κ1) is 29.7. The molecule has 0 fully saturated rings. The largest absolute Gasteiger partial charge is 0.310 e. The van der Waals surface area contributed by atoms with Gasteiger partial charge in [-0.25, -0.2) is 0 Å². The maximum Gasteiger partial charge on any atom is 0.0547 e. The van der Waals surface area contributed by atoms with Gasteiger partial charge in [0.2, 0.25) is 0 Å². The number of hydrogen-bond donors (Lipinski definition) is 0. The zero-order valence-corrected chi connectivity index (χ0v) is 27.8. The number of allylic oxidation sites excluding steroid dienone is 4. The molecule has 9 rings (SSSR count). The quantitative estimate of drug-likeness (QED) is 0.168. The van der Waals surface area contributed by atoms with Crippen molar-refractivity contribution in [3.05, 3.63) is 200 Å². The van der Waals surface area contributed by atoms with E-state index in [9.17, 15) is 0 Å². The molecule has 1 heterocycles. The molecule has 0 unspecified atom stereocenters. The van der Waals surface area contributed by atoms with Crippen LogP contribution in [0.1, 0.15) is 18.4 Å². The Morgan fingerprint density at radius 2 is 1.04 bits per heavy atom. The van der Waals surface area contributed by atoms with Gasteiger partial charge in [-0.15, -0.1) is 0 Å². The average Bonchev–Trinajstić information content (AvgIpc) is 3.53. The third kappa shape index (κ3) is 5.41. The molecule has 2 heteroatoms. The van der Waals surface area contributed by atoms with Crippen molar-refractivity contribution in [2.24, 2.45) is 0 Å². The van der Waals surface area contributed by atoms with E-state index in [1.807, 2.05) is 0 Å². The van der Waals surface area contributed by atoms with Crippen molar-refractivity contribution in [2.75, 3.05) is 4.90 Å². The van der Waals surface area contributed by atoms with Gasteiger partial charge in [0.15, 0.2) is 0 Å². The van der Waals surface area contributed by atoms with Crippen molar-refractivity contribution < 1.29 is 0 Å². The fraction of sp³-hybridized carbons (Fsp3) is 0.0417. The van der Waals surface area contributed by atoms with Crippen molar-refractivity contribution in [3.8, 4) is 27.9 Å². The minimum atomic E-state index is 1.09. The molecule has 0 bridgehead atoms. The molecule has 238 valence electrons. The molecule has 0 spiro atoms. The van der Waals surface area contributed by atoms with Gasteiger partial charge in [-0.1, -0.05) is 140 Å². The summed E-state index contributed by atoms with van der Waals surface area (Å²) in [6.07, 6.45) is 9.07. The predicted molar refractivity (Wildman–Crippen MR) is 213 cm³/mol. The number of hydrogen-bond acceptors (Lipinski definition) is 1. The highest BCUT2D eigenvalue weighted by Crippen LogP contribution is 2.43. The van der Waals surface area contributed by atoms with Crippen molar-refractivity contribution in [2.45, 2.75) is 12.8 Å². The SMILES string of the molecule is C1=CC(c2ccc(N(c3ccc(-c4ccccc4)cc3)c3ccccc3-c3ccc4c5ccccc5n(-c5ccccc5)c4c3)cc2)=CCC1. The summed E-state index contributed by atoms with van der Waals surface area (Å²) < 4.78 is 2.39. The standard InChI is InChI=1S/C48H36N2/c1-4-14-35(15-5-1)37-24-29-41(30-25-37)49(42-31-26-38(27-32-42)36-16-6-2-7-17-36)46-22-12-10-20-43(46)39-28-33-45-44-21-11-13-23-47(44)50(48(45)34-39)40-18-8-3-9-19-40/h1,3-6,8-34H,2,7H2. The van der Waals surface area contributed by atoms with Crippen LogP contribution in [-0.4, -0.2) is 4.57 Å². The minimum absolute atomic E-state index is 1.09. The fourth-order valence-electron chi connectivity index (χ4n) is 7.40. The Bertz CT molecular complexity index is 2500. The van der Waals surface area contributed by atoms with Crippen molar-refractivity contribution >= 4 is 44.4 Å². The van der Waals surface area contributed by atoms with Gasteiger partial charge in [0.1, 0.15) is 0 Å². The third-order valence-electron chi connectivity index (χ3n) is 9.83. The molecule has 0 saturated carbocycles. The van der Waals surface area contributed by atoms with Crippen LogP contribution in [0.2, 0.25) is 0 Å². The van der Waals surface area contributed by atoms with Crippen LogP contribution in [0, 0.1) is 0 Å². The van der Waals surface area contributed by atoms with Crippen LogP contribution in [-0.2, 0) is 0 Å². The van der Waals surface area contributed by atoms with E-state index in [1.54, 1.807) is 0 Å². The molecule has 0 amide bonds. The molecule has 0 atom stereocenters. The summed E-state index contributed by atoms with van der Waals surface area (Å²) in [7, 11) is 0. The first-order valence-corrected chi connectivity index (χ1v) is 17.4. The molecule has 1 aliphatic rings. The molecule has 1 aromatic heterocycles. The number of anilines is 3. The summed E-state index contributed by atoms with van der Waals surface area (Å²) in [5, 5.41) is 2.51. The van der Waals surface area contributed by atoms with E-state index in [0.717, 1.165) is 35.6 Å². The predicted octanol–water partition coefficient (Wildman–Crippen LogP) is 13.3. The topological polar surface area (TPSA) is 8.17 Å². The van der Waals surface area contributed by atoms with Gasteiger partial charge >= 0.3 is 0 Å². The number of fused-ring (bicyclic) bond motifs is 3. The number of aromatic nitrogens is 1. The van der Waals surface area contributed by atoms with E-state index in [-0.39, 0.29) is 0 Å². The molecule has 50 heavy (non-hydrogen) atoms. The zero-order valence-electron chi connectivity index (χ0n) is 27.8. The van der Waals surface area contributed by atoms with Crippen LogP contribution in [0.15, 0.2) is 194 Å². The molecule has 1 aliphatic carbocycles. The molecule has 0 saturated heterocycles. The molecule has 7 aromatic carbocycles. The highest BCUT2D eigenvalue weighted by molar-refractivity contribution is 6.10. The molecule has 2 nitrogen and oxygen atoms in total. The number of nitrogens with zero attached hydrogens (tertiary/aromatic N) is 2. The Labute approximate surface area is 293 Å². The zero-order chi connectivity index (χ0) is 33.3. The lowest BCUT2D eigenvalue weighted by Crippen LogP contribution is -2.11. The second-order valence-electron chi connectivity index (χ2n) is 12.9. The summed E-state index contributed by atoms with van der Waals surface area (Å²) in [6, 6.07) is 63.7. The lowest BCUT2D eigenvalue weighted by molar-refractivity contribution is 1.04. The lowest BCUT2D eigenvalue weighted by Gasteiger charge is -2.28. The van der Waals surface area contributed by atoms with Crippen LogP contribution in [0.25, 0.3) is 55.3 Å². The number of para-hydroxylation sites is 3. The van der Waals surface area contributed by atoms with Crippen LogP contribution in [0.3, 0.4) is 0 Å². The maximum absolute atomic E-state index is 2.40. The summed E-state index contributed by atoms with van der Waals surface area (Å²) in [5.74, 6) is 0. The second kappa shape index (κ2) is 12.9. The van der Waals surface area contributed by atoms with Gasteiger partial charge in [0.25, 0.3) is 0 Å². The number of rotatable bonds is 7. The first-order chi connectivity index (χ1) is 24.8. The molecule has 8 aromatic rings. The Hall–Kier alpha value is -6.38. The first-order valence-electron chi connectivity index (χ1n) is 17.4. The minimum Gasteiger partial charge on any atom is -0.310 e. The molecular weight excluding hydrogens is 605 g/mol. The Morgan fingerprint density at radius 3 is 1.78 bits per heavy atom. The molecular formula is C48H36N2. The highest BCUT2D eigenvalue weighted by Gasteiger charge is 2.19.